The molecule has 31 heteroatoms. The molecule has 0 spiro atoms. The fraction of sp³-hybridized carbons (Fsp3) is 0. The fourth-order valence-corrected chi connectivity index (χ4v) is 9.52. The molecule has 4 amide bonds. The topological polar surface area (TPSA) is 426 Å². The summed E-state index contributed by atoms with van der Waals surface area (Å²) in [5.41, 5.74) is -3.43. The van der Waals surface area contributed by atoms with Crippen molar-refractivity contribution in [1.82, 2.24) is 10.6 Å². The summed E-state index contributed by atoms with van der Waals surface area (Å²) >= 11 is 0. The van der Waals surface area contributed by atoms with Gasteiger partial charge in [0.1, 0.15) is 9.79 Å². The first-order valence-electron chi connectivity index (χ1n) is 17.2. The van der Waals surface area contributed by atoms with Gasteiger partial charge in [-0.05, 0) is 95.7 Å². The van der Waals surface area contributed by atoms with Crippen molar-refractivity contribution in [2.45, 2.75) is 29.4 Å². The van der Waals surface area contributed by atoms with Crippen molar-refractivity contribution in [3.05, 3.63) is 108 Å². The lowest BCUT2D eigenvalue weighted by Gasteiger charge is -2.16. The summed E-state index contributed by atoms with van der Waals surface area (Å²) in [6, 6.07) is 11.6. The van der Waals surface area contributed by atoms with E-state index in [2.05, 4.69) is 10.6 Å². The Morgan fingerprint density at radius 3 is 0.985 bits per heavy atom. The van der Waals surface area contributed by atoms with Crippen molar-refractivity contribution in [2.24, 2.45) is 0 Å². The molecule has 0 heterocycles. The molecule has 348 valence electrons. The molecule has 66 heavy (non-hydrogen) atoms. The van der Waals surface area contributed by atoms with Crippen LogP contribution < -0.4 is 21.3 Å². The van der Waals surface area contributed by atoms with E-state index in [0.717, 1.165) is 84.9 Å². The van der Waals surface area contributed by atoms with Crippen LogP contribution in [0.4, 0.5) is 27.5 Å². The predicted octanol–water partition coefficient (Wildman–Crippen LogP) is 3.24. The number of anilines is 4. The third-order valence-corrected chi connectivity index (χ3v) is 14.2. The Hall–Kier alpha value is -6.49. The van der Waals surface area contributed by atoms with E-state index in [4.69, 9.17) is 0 Å². The van der Waals surface area contributed by atoms with Crippen LogP contribution in [0.1, 0.15) is 20.7 Å². The van der Waals surface area contributed by atoms with Gasteiger partial charge in [-0.1, -0.05) is 12.1 Å². The number of hydrogen-bond donors (Lipinski definition) is 10. The van der Waals surface area contributed by atoms with Crippen LogP contribution in [0.2, 0.25) is 0 Å². The maximum atomic E-state index is 13.1. The van der Waals surface area contributed by atoms with Gasteiger partial charge >= 0.3 is 6.03 Å². The Bertz CT molecular complexity index is 3580. The molecule has 6 aromatic carbocycles. The van der Waals surface area contributed by atoms with Crippen LogP contribution in [0.3, 0.4) is 0 Å². The van der Waals surface area contributed by atoms with Gasteiger partial charge in [0.25, 0.3) is 72.5 Å². The lowest BCUT2D eigenvalue weighted by Crippen LogP contribution is -2.42. The standard InChI is InChI=1S/C35H26N4O21S6/c40-33(19-3-7-27(31(11-19)65(55,56)57)36-29-15-23(63(49,50)51)9-17-1-5-21(13-25(17)29)61(43,44)45)38-35(42)39-34(41)20-4-8-28(32(12-20)66(58,59)60)37-30-16-24(64(52,53)54)10-18-2-6-22(14-26(18)30)62(46,47)48/h1-16,36-37H,(H,43,44,45)(H,46,47,48)(H,49,50,51)(H,52,53,54)(H,55,56,57)(H,58,59,60)(H2,38,39,40,41,42). The Balaban J connectivity index is 1.27. The molecule has 0 unspecified atom stereocenters. The molecule has 0 aliphatic rings. The number of rotatable bonds is 12. The van der Waals surface area contributed by atoms with Crippen LogP contribution in [-0.4, -0.2) is 95.7 Å². The van der Waals surface area contributed by atoms with E-state index in [1.807, 2.05) is 0 Å². The number of amides is 4. The van der Waals surface area contributed by atoms with E-state index in [1.54, 1.807) is 10.6 Å². The molecule has 0 aliphatic carbocycles. The van der Waals surface area contributed by atoms with E-state index in [9.17, 15) is 92.2 Å². The second kappa shape index (κ2) is 17.1. The normalized spacial score (nSPS) is 12.7. The highest BCUT2D eigenvalue weighted by Gasteiger charge is 2.25. The molecule has 0 aromatic heterocycles. The summed E-state index contributed by atoms with van der Waals surface area (Å²) in [4.78, 5) is 33.8. The van der Waals surface area contributed by atoms with Gasteiger partial charge in [-0.2, -0.15) is 50.5 Å². The molecule has 0 radical (unpaired) electrons. The molecule has 6 aromatic rings. The third kappa shape index (κ3) is 10.9. The van der Waals surface area contributed by atoms with Crippen LogP contribution in [0, 0.1) is 0 Å². The third-order valence-electron chi connectivity index (χ3n) is 9.03. The quantitative estimate of drug-likeness (QED) is 0.0786. The highest BCUT2D eigenvalue weighted by Crippen LogP contribution is 2.36. The van der Waals surface area contributed by atoms with Crippen LogP contribution in [0.15, 0.2) is 126 Å². The second-order valence-electron chi connectivity index (χ2n) is 13.5. The number of hydrogen-bond acceptors (Lipinski definition) is 17. The minimum Gasteiger partial charge on any atom is -0.354 e. The summed E-state index contributed by atoms with van der Waals surface area (Å²) in [6.45, 7) is 0. The van der Waals surface area contributed by atoms with Gasteiger partial charge in [0.15, 0.2) is 0 Å². The van der Waals surface area contributed by atoms with E-state index in [1.165, 1.54) is 0 Å². The molecular weight excluding hydrogens is 1000 g/mol. The maximum Gasteiger partial charge on any atom is 0.328 e. The van der Waals surface area contributed by atoms with Crippen molar-refractivity contribution in [1.29, 1.82) is 0 Å². The molecule has 25 nitrogen and oxygen atoms in total. The lowest BCUT2D eigenvalue weighted by atomic mass is 10.1. The first kappa shape index (κ1) is 49.0. The number of benzene rings is 6. The predicted molar refractivity (Wildman–Crippen MR) is 227 cm³/mol. The Kier molecular flexibility index (Phi) is 12.7. The summed E-state index contributed by atoms with van der Waals surface area (Å²) in [7, 11) is -30.3. The number of carbonyl (C=O) groups is 3. The molecule has 6 rings (SSSR count). The Morgan fingerprint density at radius 2 is 0.682 bits per heavy atom. The molecule has 0 atom stereocenters. The monoisotopic (exact) mass is 1030 g/mol. The number of urea groups is 1. The van der Waals surface area contributed by atoms with Crippen molar-refractivity contribution in [3.63, 3.8) is 0 Å². The molecular formula is C35H26N4O21S6. The largest absolute Gasteiger partial charge is 0.354 e. The zero-order chi connectivity index (χ0) is 49.1. The molecule has 0 saturated heterocycles. The lowest BCUT2D eigenvalue weighted by molar-refractivity contribution is 0.0944. The van der Waals surface area contributed by atoms with Crippen molar-refractivity contribution in [2.75, 3.05) is 10.6 Å². The highest BCUT2D eigenvalue weighted by molar-refractivity contribution is 7.87. The van der Waals surface area contributed by atoms with Gasteiger partial charge in [-0.15, -0.1) is 0 Å². The van der Waals surface area contributed by atoms with Crippen LogP contribution in [0.25, 0.3) is 21.5 Å². The number of imide groups is 2. The molecule has 0 saturated carbocycles. The first-order chi connectivity index (χ1) is 30.2. The zero-order valence-electron chi connectivity index (χ0n) is 32.0. The SMILES string of the molecule is O=C(NC(=O)c1ccc(Nc2cc(S(=O)(=O)O)cc3ccc(S(=O)(=O)O)cc23)c(S(=O)(=O)O)c1)NC(=O)c1ccc(Nc2cc(S(=O)(=O)O)cc3ccc(S(=O)(=O)O)cc23)c(S(=O)(=O)O)c1. The molecule has 0 fully saturated rings. The first-order valence-corrected chi connectivity index (χ1v) is 25.8. The van der Waals surface area contributed by atoms with Gasteiger partial charge < -0.3 is 10.6 Å². The summed E-state index contributed by atoms with van der Waals surface area (Å²) in [5, 5.41) is 7.73. The average molecular weight is 1030 g/mol. The smallest absolute Gasteiger partial charge is 0.328 e. The number of carbonyl (C=O) groups excluding carboxylic acids is 3. The van der Waals surface area contributed by atoms with Gasteiger partial charge in [0.05, 0.1) is 31.0 Å². The van der Waals surface area contributed by atoms with Crippen molar-refractivity contribution < 1.29 is 92.2 Å². The maximum absolute atomic E-state index is 13.1. The zero-order valence-corrected chi connectivity index (χ0v) is 36.9. The van der Waals surface area contributed by atoms with Crippen LogP contribution in [0.5, 0.6) is 0 Å². The fourth-order valence-electron chi connectivity index (χ4n) is 6.08. The van der Waals surface area contributed by atoms with Crippen LogP contribution >= 0.6 is 0 Å². The minimum atomic E-state index is -5.33. The number of fused-ring (bicyclic) bond motifs is 2. The second-order valence-corrected chi connectivity index (χ2v) is 21.9. The molecule has 0 aliphatic heterocycles. The van der Waals surface area contributed by atoms with E-state index < -0.39 is 142 Å². The van der Waals surface area contributed by atoms with Crippen LogP contribution in [-0.2, 0) is 60.7 Å². The average Bonchev–Trinajstić information content (AvgIpc) is 3.18. The molecule has 10 N–H and O–H groups in total. The van der Waals surface area contributed by atoms with Gasteiger partial charge in [-0.25, -0.2) is 4.79 Å². The summed E-state index contributed by atoms with van der Waals surface area (Å²) in [5.74, 6) is -2.88. The Labute approximate surface area is 372 Å². The van der Waals surface area contributed by atoms with E-state index >= 15 is 0 Å². The highest BCUT2D eigenvalue weighted by atomic mass is 32.2. The van der Waals surface area contributed by atoms with E-state index in [0.29, 0.717) is 12.1 Å². The summed E-state index contributed by atoms with van der Waals surface area (Å²) in [6.07, 6.45) is 0. The Morgan fingerprint density at radius 1 is 0.348 bits per heavy atom. The summed E-state index contributed by atoms with van der Waals surface area (Å²) < 4.78 is 204. The van der Waals surface area contributed by atoms with Crippen molar-refractivity contribution in [3.8, 4) is 0 Å². The van der Waals surface area contributed by atoms with Gasteiger partial charge in [0.2, 0.25) is 0 Å². The minimum absolute atomic E-state index is 0.0660. The number of nitrogens with one attached hydrogen (secondary N) is 4. The molecule has 0 bridgehead atoms. The van der Waals surface area contributed by atoms with E-state index in [-0.39, 0.29) is 21.5 Å². The van der Waals surface area contributed by atoms with Gasteiger partial charge in [0, 0.05) is 33.3 Å². The van der Waals surface area contributed by atoms with Crippen molar-refractivity contribution >= 4 is 123 Å². The van der Waals surface area contributed by atoms with Gasteiger partial charge in [-0.3, -0.25) is 47.5 Å².